The summed E-state index contributed by atoms with van der Waals surface area (Å²) < 4.78 is 10.7. The van der Waals surface area contributed by atoms with E-state index in [1.165, 1.54) is 7.11 Å². The molecule has 1 aromatic heterocycles. The van der Waals surface area contributed by atoms with Crippen LogP contribution in [0.4, 0.5) is 0 Å². The van der Waals surface area contributed by atoms with Gasteiger partial charge in [0.1, 0.15) is 11.2 Å². The third-order valence-corrected chi connectivity index (χ3v) is 2.92. The van der Waals surface area contributed by atoms with Gasteiger partial charge in [0.25, 0.3) is 0 Å². The van der Waals surface area contributed by atoms with Gasteiger partial charge in [0.05, 0.1) is 0 Å². The highest BCUT2D eigenvalue weighted by atomic mass is 16.5. The van der Waals surface area contributed by atoms with Crippen molar-refractivity contribution in [2.45, 2.75) is 0 Å². The second-order valence-electron chi connectivity index (χ2n) is 3.91. The third kappa shape index (κ3) is 1.53. The number of furan rings is 1. The maximum Gasteiger partial charge on any atom is 0.491 e. The molecule has 0 unspecified atom stereocenters. The Labute approximate surface area is 98.8 Å². The number of hydrogen-bond acceptors (Lipinski definition) is 3. The predicted molar refractivity (Wildman–Crippen MR) is 68.3 cm³/mol. The zero-order valence-corrected chi connectivity index (χ0v) is 9.38. The number of rotatable bonds is 2. The quantitative estimate of drug-likeness (QED) is 0.678. The van der Waals surface area contributed by atoms with Gasteiger partial charge in [-0.3, -0.25) is 0 Å². The van der Waals surface area contributed by atoms with Crippen LogP contribution in [0.25, 0.3) is 21.9 Å². The number of hydrogen-bond donors (Lipinski definition) is 1. The second kappa shape index (κ2) is 3.91. The zero-order valence-electron chi connectivity index (χ0n) is 9.38. The molecule has 3 rings (SSSR count). The molecule has 0 saturated heterocycles. The molecule has 0 aliphatic heterocycles. The summed E-state index contributed by atoms with van der Waals surface area (Å²) in [5, 5.41) is 11.8. The van der Waals surface area contributed by atoms with E-state index in [-0.39, 0.29) is 0 Å². The molecule has 4 heteroatoms. The van der Waals surface area contributed by atoms with E-state index in [2.05, 4.69) is 0 Å². The van der Waals surface area contributed by atoms with Crippen molar-refractivity contribution in [3.8, 4) is 0 Å². The third-order valence-electron chi connectivity index (χ3n) is 2.92. The summed E-state index contributed by atoms with van der Waals surface area (Å²) in [5.41, 5.74) is 2.31. The van der Waals surface area contributed by atoms with E-state index in [0.717, 1.165) is 27.4 Å². The Kier molecular flexibility index (Phi) is 2.39. The average molecular weight is 226 g/mol. The van der Waals surface area contributed by atoms with Gasteiger partial charge in [-0.05, 0) is 17.6 Å². The van der Waals surface area contributed by atoms with Crippen LogP contribution in [0, 0.1) is 0 Å². The first-order valence-corrected chi connectivity index (χ1v) is 5.42. The molecule has 2 aromatic carbocycles. The van der Waals surface area contributed by atoms with Gasteiger partial charge in [0.2, 0.25) is 0 Å². The normalized spacial score (nSPS) is 11.2. The smallest absolute Gasteiger partial charge is 0.456 e. The predicted octanol–water partition coefficient (Wildman–Crippen LogP) is 1.92. The van der Waals surface area contributed by atoms with Gasteiger partial charge in [0, 0.05) is 17.9 Å². The molecule has 0 spiro atoms. The van der Waals surface area contributed by atoms with E-state index < -0.39 is 7.12 Å². The summed E-state index contributed by atoms with van der Waals surface area (Å²) >= 11 is 0. The molecule has 0 aliphatic carbocycles. The van der Waals surface area contributed by atoms with Crippen molar-refractivity contribution >= 4 is 34.5 Å². The highest BCUT2D eigenvalue weighted by molar-refractivity contribution is 6.64. The topological polar surface area (TPSA) is 42.6 Å². The Morgan fingerprint density at radius 2 is 1.82 bits per heavy atom. The first kappa shape index (κ1) is 10.4. The Morgan fingerprint density at radius 1 is 1.06 bits per heavy atom. The molecule has 84 valence electrons. The number of fused-ring (bicyclic) bond motifs is 3. The fraction of sp³-hybridized carbons (Fsp3) is 0.0769. The molecule has 0 radical (unpaired) electrons. The lowest BCUT2D eigenvalue weighted by atomic mass is 9.77. The van der Waals surface area contributed by atoms with Crippen molar-refractivity contribution in [2.24, 2.45) is 0 Å². The van der Waals surface area contributed by atoms with Gasteiger partial charge in [-0.2, -0.15) is 0 Å². The minimum Gasteiger partial charge on any atom is -0.456 e. The minimum absolute atomic E-state index is 0.731. The van der Waals surface area contributed by atoms with E-state index in [9.17, 15) is 5.02 Å². The maximum atomic E-state index is 9.84. The van der Waals surface area contributed by atoms with Crippen LogP contribution in [-0.4, -0.2) is 19.3 Å². The Bertz CT molecular complexity index is 675. The van der Waals surface area contributed by atoms with Gasteiger partial charge in [-0.15, -0.1) is 0 Å². The summed E-state index contributed by atoms with van der Waals surface area (Å²) in [4.78, 5) is 0. The molecule has 0 amide bonds. The maximum absolute atomic E-state index is 9.84. The van der Waals surface area contributed by atoms with E-state index >= 15 is 0 Å². The molecule has 17 heavy (non-hydrogen) atoms. The molecule has 3 aromatic rings. The average Bonchev–Trinajstić information content (AvgIpc) is 2.76. The Hall–Kier alpha value is -1.78. The molecule has 1 N–H and O–H groups in total. The van der Waals surface area contributed by atoms with Crippen molar-refractivity contribution in [3.63, 3.8) is 0 Å². The van der Waals surface area contributed by atoms with E-state index in [1.54, 1.807) is 0 Å². The standard InChI is InChI=1S/C13H11BO3/c1-16-14(15)10-6-4-8-12-13(10)9-5-2-3-7-11(9)17-12/h2-8,15H,1H3. The lowest BCUT2D eigenvalue weighted by Crippen LogP contribution is -2.32. The molecule has 0 atom stereocenters. The summed E-state index contributed by atoms with van der Waals surface area (Å²) in [6, 6.07) is 13.4. The van der Waals surface area contributed by atoms with Crippen LogP contribution in [0.5, 0.6) is 0 Å². The lowest BCUT2D eigenvalue weighted by Gasteiger charge is -2.04. The largest absolute Gasteiger partial charge is 0.491 e. The molecular formula is C13H11BO3. The fourth-order valence-corrected chi connectivity index (χ4v) is 2.13. The zero-order chi connectivity index (χ0) is 11.8. The highest BCUT2D eigenvalue weighted by Gasteiger charge is 2.20. The van der Waals surface area contributed by atoms with E-state index in [0.29, 0.717) is 0 Å². The van der Waals surface area contributed by atoms with Crippen LogP contribution < -0.4 is 5.46 Å². The molecule has 1 heterocycles. The summed E-state index contributed by atoms with van der Waals surface area (Å²) in [5.74, 6) is 0. The van der Waals surface area contributed by atoms with Crippen LogP contribution >= 0.6 is 0 Å². The molecule has 0 bridgehead atoms. The number of para-hydroxylation sites is 1. The fourth-order valence-electron chi connectivity index (χ4n) is 2.13. The summed E-state index contributed by atoms with van der Waals surface area (Å²) in [6.45, 7) is 0. The molecule has 0 fully saturated rings. The highest BCUT2D eigenvalue weighted by Crippen LogP contribution is 2.27. The molecule has 0 aliphatic rings. The summed E-state index contributed by atoms with van der Waals surface area (Å²) in [7, 11) is 0.547. The van der Waals surface area contributed by atoms with Gasteiger partial charge < -0.3 is 14.1 Å². The van der Waals surface area contributed by atoms with Crippen molar-refractivity contribution in [1.29, 1.82) is 0 Å². The van der Waals surface area contributed by atoms with E-state index in [1.807, 2.05) is 42.5 Å². The second-order valence-corrected chi connectivity index (χ2v) is 3.91. The van der Waals surface area contributed by atoms with Crippen LogP contribution in [-0.2, 0) is 4.65 Å². The molecule has 0 saturated carbocycles. The Balaban J connectivity index is 2.43. The van der Waals surface area contributed by atoms with Gasteiger partial charge in [-0.25, -0.2) is 0 Å². The van der Waals surface area contributed by atoms with Crippen LogP contribution in [0.2, 0.25) is 0 Å². The number of benzene rings is 2. The van der Waals surface area contributed by atoms with Crippen molar-refractivity contribution in [2.75, 3.05) is 7.11 Å². The monoisotopic (exact) mass is 226 g/mol. The first-order valence-electron chi connectivity index (χ1n) is 5.42. The van der Waals surface area contributed by atoms with Crippen molar-refractivity contribution in [1.82, 2.24) is 0 Å². The van der Waals surface area contributed by atoms with Crippen molar-refractivity contribution in [3.05, 3.63) is 42.5 Å². The van der Waals surface area contributed by atoms with Crippen molar-refractivity contribution < 1.29 is 14.1 Å². The van der Waals surface area contributed by atoms with Crippen LogP contribution in [0.15, 0.2) is 46.9 Å². The Morgan fingerprint density at radius 3 is 2.65 bits per heavy atom. The van der Waals surface area contributed by atoms with Gasteiger partial charge >= 0.3 is 7.12 Å². The van der Waals surface area contributed by atoms with Crippen LogP contribution in [0.3, 0.4) is 0 Å². The SMILES string of the molecule is COB(O)c1cccc2oc3ccccc3c12. The molecular weight excluding hydrogens is 215 g/mol. The van der Waals surface area contributed by atoms with E-state index in [4.69, 9.17) is 9.07 Å². The van der Waals surface area contributed by atoms with Gasteiger partial charge in [0.15, 0.2) is 0 Å². The van der Waals surface area contributed by atoms with Gasteiger partial charge in [-0.1, -0.05) is 30.3 Å². The van der Waals surface area contributed by atoms with Crippen LogP contribution in [0.1, 0.15) is 0 Å². The summed E-state index contributed by atoms with van der Waals surface area (Å²) in [6.07, 6.45) is 0. The lowest BCUT2D eigenvalue weighted by molar-refractivity contribution is 0.342. The first-order chi connectivity index (χ1) is 8.31. The minimum atomic E-state index is -0.931. The molecule has 3 nitrogen and oxygen atoms in total.